The van der Waals surface area contributed by atoms with Crippen molar-refractivity contribution < 1.29 is 19.1 Å². The fraction of sp³-hybridized carbons (Fsp3) is 0.304. The zero-order valence-electron chi connectivity index (χ0n) is 18.0. The number of piperidine rings is 1. The van der Waals surface area contributed by atoms with Crippen LogP contribution in [0.3, 0.4) is 0 Å². The van der Waals surface area contributed by atoms with Crippen LogP contribution in [0.1, 0.15) is 23.3 Å². The number of aromatic nitrogens is 3. The highest BCUT2D eigenvalue weighted by Gasteiger charge is 2.30. The Hall–Kier alpha value is -3.88. The van der Waals surface area contributed by atoms with Crippen molar-refractivity contribution in [1.29, 1.82) is 0 Å². The first kappa shape index (κ1) is 21.4. The van der Waals surface area contributed by atoms with Crippen LogP contribution in [0.25, 0.3) is 11.3 Å². The fourth-order valence-electron chi connectivity index (χ4n) is 3.78. The first-order chi connectivity index (χ1) is 15.6. The topological polar surface area (TPSA) is 109 Å². The molecule has 1 aromatic carbocycles. The normalized spacial score (nSPS) is 15.8. The van der Waals surface area contributed by atoms with E-state index in [1.165, 1.54) is 7.11 Å². The number of pyridine rings is 1. The molecule has 4 rings (SSSR count). The molecule has 1 saturated heterocycles. The Bertz CT molecular complexity index is 1100. The van der Waals surface area contributed by atoms with Crippen molar-refractivity contribution in [3.8, 4) is 22.8 Å². The second kappa shape index (κ2) is 9.51. The van der Waals surface area contributed by atoms with Gasteiger partial charge in [0.1, 0.15) is 17.2 Å². The summed E-state index contributed by atoms with van der Waals surface area (Å²) in [6, 6.07) is 10.6. The number of carbonyl (C=O) groups excluding carboxylic acids is 2. The van der Waals surface area contributed by atoms with Crippen molar-refractivity contribution in [2.45, 2.75) is 12.8 Å². The van der Waals surface area contributed by atoms with Gasteiger partial charge in [0.25, 0.3) is 5.91 Å². The molecule has 0 saturated carbocycles. The van der Waals surface area contributed by atoms with Crippen LogP contribution < -0.4 is 14.8 Å². The van der Waals surface area contributed by atoms with Gasteiger partial charge < -0.3 is 19.7 Å². The van der Waals surface area contributed by atoms with E-state index in [-0.39, 0.29) is 17.7 Å². The highest BCUT2D eigenvalue weighted by molar-refractivity contribution is 5.96. The molecule has 2 N–H and O–H groups in total. The molecule has 32 heavy (non-hydrogen) atoms. The molecule has 0 spiro atoms. The van der Waals surface area contributed by atoms with Gasteiger partial charge in [-0.25, -0.2) is 0 Å². The molecule has 1 atom stereocenters. The van der Waals surface area contributed by atoms with Crippen LogP contribution in [0.4, 0.5) is 5.69 Å². The number of H-pyrrole nitrogens is 1. The number of rotatable bonds is 6. The van der Waals surface area contributed by atoms with Gasteiger partial charge in [-0.2, -0.15) is 5.10 Å². The number of ether oxygens (including phenoxy) is 2. The minimum Gasteiger partial charge on any atom is -0.497 e. The summed E-state index contributed by atoms with van der Waals surface area (Å²) in [4.78, 5) is 31.7. The SMILES string of the molecule is COc1ccc(NC(=O)[C@@H]2CCCN(C(=O)c3cc(-c4cccnc4)n[nH]3)C2)c(OC)c1. The third-order valence-electron chi connectivity index (χ3n) is 5.51. The number of benzene rings is 1. The van der Waals surface area contributed by atoms with E-state index >= 15 is 0 Å². The third-order valence-corrected chi connectivity index (χ3v) is 5.51. The zero-order chi connectivity index (χ0) is 22.5. The lowest BCUT2D eigenvalue weighted by Crippen LogP contribution is -2.43. The number of nitrogens with one attached hydrogen (secondary N) is 2. The molecule has 0 bridgehead atoms. The van der Waals surface area contributed by atoms with Crippen molar-refractivity contribution in [2.75, 3.05) is 32.6 Å². The lowest BCUT2D eigenvalue weighted by molar-refractivity contribution is -0.121. The van der Waals surface area contributed by atoms with Crippen molar-refractivity contribution in [2.24, 2.45) is 5.92 Å². The van der Waals surface area contributed by atoms with Gasteiger partial charge in [0, 0.05) is 37.1 Å². The molecule has 1 aliphatic heterocycles. The van der Waals surface area contributed by atoms with Crippen molar-refractivity contribution in [3.63, 3.8) is 0 Å². The van der Waals surface area contributed by atoms with Gasteiger partial charge in [-0.15, -0.1) is 0 Å². The van der Waals surface area contributed by atoms with E-state index in [0.717, 1.165) is 12.0 Å². The smallest absolute Gasteiger partial charge is 0.271 e. The molecule has 9 nitrogen and oxygen atoms in total. The third kappa shape index (κ3) is 4.56. The summed E-state index contributed by atoms with van der Waals surface area (Å²) in [7, 11) is 3.11. The zero-order valence-corrected chi connectivity index (χ0v) is 18.0. The van der Waals surface area contributed by atoms with Crippen molar-refractivity contribution in [3.05, 3.63) is 54.5 Å². The van der Waals surface area contributed by atoms with Crippen molar-refractivity contribution in [1.82, 2.24) is 20.1 Å². The second-order valence-electron chi connectivity index (χ2n) is 7.55. The van der Waals surface area contributed by atoms with Gasteiger partial charge in [-0.1, -0.05) is 0 Å². The van der Waals surface area contributed by atoms with E-state index < -0.39 is 0 Å². The molecular formula is C23H25N5O4. The summed E-state index contributed by atoms with van der Waals surface area (Å²) in [6.07, 6.45) is 4.83. The summed E-state index contributed by atoms with van der Waals surface area (Å²) >= 11 is 0. The Labute approximate surface area is 185 Å². The molecule has 9 heteroatoms. The first-order valence-corrected chi connectivity index (χ1v) is 10.4. The summed E-state index contributed by atoms with van der Waals surface area (Å²) in [5, 5.41) is 9.97. The van der Waals surface area contributed by atoms with Crippen molar-refractivity contribution >= 4 is 17.5 Å². The number of methoxy groups -OCH3 is 2. The number of nitrogens with zero attached hydrogens (tertiary/aromatic N) is 3. The summed E-state index contributed by atoms with van der Waals surface area (Å²) in [6.45, 7) is 0.931. The quantitative estimate of drug-likeness (QED) is 0.616. The second-order valence-corrected chi connectivity index (χ2v) is 7.55. The van der Waals surface area contributed by atoms with Crippen LogP contribution in [0.5, 0.6) is 11.5 Å². The van der Waals surface area contributed by atoms with E-state index in [1.807, 2.05) is 12.1 Å². The minimum absolute atomic E-state index is 0.147. The fourth-order valence-corrected chi connectivity index (χ4v) is 3.78. The van der Waals surface area contributed by atoms with E-state index in [9.17, 15) is 9.59 Å². The Kier molecular flexibility index (Phi) is 6.34. The molecule has 0 radical (unpaired) electrons. The minimum atomic E-state index is -0.319. The molecule has 1 fully saturated rings. The van der Waals surface area contributed by atoms with Crippen LogP contribution in [-0.4, -0.2) is 59.2 Å². The van der Waals surface area contributed by atoms with Crippen LogP contribution >= 0.6 is 0 Å². The molecule has 0 aliphatic carbocycles. The Morgan fingerprint density at radius 1 is 1.19 bits per heavy atom. The van der Waals surface area contributed by atoms with Crippen LogP contribution in [0, 0.1) is 5.92 Å². The predicted octanol–water partition coefficient (Wildman–Crippen LogP) is 2.98. The Morgan fingerprint density at radius 3 is 2.81 bits per heavy atom. The molecule has 1 aliphatic rings. The molecule has 3 aromatic rings. The monoisotopic (exact) mass is 435 g/mol. The van der Waals surface area contributed by atoms with E-state index in [2.05, 4.69) is 20.5 Å². The largest absolute Gasteiger partial charge is 0.497 e. The lowest BCUT2D eigenvalue weighted by atomic mass is 9.96. The molecule has 166 valence electrons. The standard InChI is InChI=1S/C23H25N5O4/c1-31-17-7-8-18(21(11-17)32-2)25-22(29)16-6-4-10-28(14-16)23(30)20-12-19(26-27-20)15-5-3-9-24-13-15/h3,5,7-9,11-13,16H,4,6,10,14H2,1-2H3,(H,25,29)(H,26,27)/t16-/m1/s1. The summed E-state index contributed by atoms with van der Waals surface area (Å²) in [5.41, 5.74) is 2.43. The number of hydrogen-bond acceptors (Lipinski definition) is 6. The predicted molar refractivity (Wildman–Crippen MR) is 119 cm³/mol. The Balaban J connectivity index is 1.43. The maximum Gasteiger partial charge on any atom is 0.271 e. The van der Waals surface area contributed by atoms with Crippen LogP contribution in [0.2, 0.25) is 0 Å². The van der Waals surface area contributed by atoms with Crippen LogP contribution in [0.15, 0.2) is 48.8 Å². The van der Waals surface area contributed by atoms with Gasteiger partial charge in [0.05, 0.1) is 31.5 Å². The van der Waals surface area contributed by atoms with E-state index in [0.29, 0.717) is 48.1 Å². The number of hydrogen-bond donors (Lipinski definition) is 2. The van der Waals surface area contributed by atoms with Gasteiger partial charge in [-0.05, 0) is 43.2 Å². The molecular weight excluding hydrogens is 410 g/mol. The first-order valence-electron chi connectivity index (χ1n) is 10.4. The highest BCUT2D eigenvalue weighted by Crippen LogP contribution is 2.30. The van der Waals surface area contributed by atoms with Crippen LogP contribution in [-0.2, 0) is 4.79 Å². The molecule has 0 unspecified atom stereocenters. The number of anilines is 1. The van der Waals surface area contributed by atoms with Gasteiger partial charge in [0.15, 0.2) is 0 Å². The average molecular weight is 435 g/mol. The molecule has 2 aromatic heterocycles. The maximum atomic E-state index is 13.0. The Morgan fingerprint density at radius 2 is 2.06 bits per heavy atom. The summed E-state index contributed by atoms with van der Waals surface area (Å²) in [5.74, 6) is 0.514. The summed E-state index contributed by atoms with van der Waals surface area (Å²) < 4.78 is 10.6. The molecule has 3 heterocycles. The number of carbonyl (C=O) groups is 2. The number of likely N-dealkylation sites (tertiary alicyclic amines) is 1. The van der Waals surface area contributed by atoms with E-state index in [4.69, 9.17) is 9.47 Å². The maximum absolute atomic E-state index is 13.0. The average Bonchev–Trinajstić information content (AvgIpc) is 3.35. The number of aromatic amines is 1. The van der Waals surface area contributed by atoms with Gasteiger partial charge >= 0.3 is 0 Å². The number of amides is 2. The van der Waals surface area contributed by atoms with Gasteiger partial charge in [0.2, 0.25) is 5.91 Å². The highest BCUT2D eigenvalue weighted by atomic mass is 16.5. The molecule has 2 amide bonds. The van der Waals surface area contributed by atoms with Gasteiger partial charge in [-0.3, -0.25) is 19.7 Å². The van der Waals surface area contributed by atoms with E-state index in [1.54, 1.807) is 48.7 Å². The lowest BCUT2D eigenvalue weighted by Gasteiger charge is -2.31.